The van der Waals surface area contributed by atoms with Crippen molar-refractivity contribution in [2.24, 2.45) is 0 Å². The standard InChI is InChI=1S/C23H28Cl2N4O6/c1-9-33-19(30)16-17(25)27-12(2)15(28-16)13-10-11-26-18(14(13)24)29(20(31)34-22(3,4)5)21(32)35-23(6,7)8/h10-11H,9H2,1-8H3. The number of halogens is 2. The van der Waals surface area contributed by atoms with Gasteiger partial charge in [-0.05, 0) is 61.5 Å². The smallest absolute Gasteiger partial charge is 0.425 e. The van der Waals surface area contributed by atoms with Crippen molar-refractivity contribution in [3.63, 3.8) is 0 Å². The van der Waals surface area contributed by atoms with Gasteiger partial charge in [0.2, 0.25) is 0 Å². The number of nitrogens with zero attached hydrogens (tertiary/aromatic N) is 4. The van der Waals surface area contributed by atoms with Gasteiger partial charge in [-0.3, -0.25) is 0 Å². The number of amides is 2. The lowest BCUT2D eigenvalue weighted by Gasteiger charge is -2.28. The van der Waals surface area contributed by atoms with Crippen LogP contribution in [-0.4, -0.2) is 50.9 Å². The highest BCUT2D eigenvalue weighted by molar-refractivity contribution is 6.37. The third-order valence-corrected chi connectivity index (χ3v) is 4.62. The second kappa shape index (κ2) is 10.7. The first-order valence-electron chi connectivity index (χ1n) is 10.7. The van der Waals surface area contributed by atoms with Crippen LogP contribution in [0.5, 0.6) is 0 Å². The maximum Gasteiger partial charge on any atom is 0.425 e. The average molecular weight is 527 g/mol. The first kappa shape index (κ1) is 28.3. The van der Waals surface area contributed by atoms with Crippen molar-refractivity contribution in [1.82, 2.24) is 15.0 Å². The molecule has 0 atom stereocenters. The molecule has 12 heteroatoms. The number of aryl methyl sites for hydroxylation is 1. The van der Waals surface area contributed by atoms with Crippen LogP contribution in [0.15, 0.2) is 12.3 Å². The van der Waals surface area contributed by atoms with Gasteiger partial charge < -0.3 is 14.2 Å². The normalized spacial score (nSPS) is 11.6. The maximum atomic E-state index is 13.0. The van der Waals surface area contributed by atoms with Crippen LogP contribution in [-0.2, 0) is 14.2 Å². The van der Waals surface area contributed by atoms with E-state index in [-0.39, 0.29) is 39.6 Å². The number of anilines is 1. The topological polar surface area (TPSA) is 121 Å². The van der Waals surface area contributed by atoms with Crippen molar-refractivity contribution in [1.29, 1.82) is 0 Å². The number of hydrogen-bond acceptors (Lipinski definition) is 9. The molecule has 190 valence electrons. The molecule has 0 bridgehead atoms. The fourth-order valence-electron chi connectivity index (χ4n) is 2.71. The number of esters is 1. The Hall–Kier alpha value is -2.98. The molecule has 35 heavy (non-hydrogen) atoms. The van der Waals surface area contributed by atoms with E-state index in [1.807, 2.05) is 0 Å². The molecule has 0 aliphatic rings. The summed E-state index contributed by atoms with van der Waals surface area (Å²) in [4.78, 5) is 51.5. The minimum absolute atomic E-state index is 0.112. The largest absolute Gasteiger partial charge is 0.461 e. The lowest BCUT2D eigenvalue weighted by molar-refractivity contribution is 0.0427. The van der Waals surface area contributed by atoms with Crippen molar-refractivity contribution < 1.29 is 28.6 Å². The Balaban J connectivity index is 2.69. The Labute approximate surface area is 213 Å². The molecule has 2 amide bonds. The number of rotatable bonds is 4. The minimum Gasteiger partial charge on any atom is -0.461 e. The Morgan fingerprint density at radius 1 is 0.971 bits per heavy atom. The van der Waals surface area contributed by atoms with Crippen molar-refractivity contribution >= 4 is 47.2 Å². The summed E-state index contributed by atoms with van der Waals surface area (Å²) in [5.41, 5.74) is -1.30. The highest BCUT2D eigenvalue weighted by Crippen LogP contribution is 2.36. The third-order valence-electron chi connectivity index (χ3n) is 3.99. The summed E-state index contributed by atoms with van der Waals surface area (Å²) in [5.74, 6) is -1.01. The van der Waals surface area contributed by atoms with E-state index in [9.17, 15) is 14.4 Å². The molecule has 0 saturated heterocycles. The first-order chi connectivity index (χ1) is 16.1. The highest BCUT2D eigenvalue weighted by atomic mass is 35.5. The SMILES string of the molecule is CCOC(=O)c1nc(-c2ccnc(N(C(=O)OC(C)(C)C)C(=O)OC(C)(C)C)c2Cl)c(C)nc1Cl. The fraction of sp³-hybridized carbons (Fsp3) is 0.478. The molecule has 2 aromatic heterocycles. The van der Waals surface area contributed by atoms with Gasteiger partial charge in [-0.15, -0.1) is 0 Å². The van der Waals surface area contributed by atoms with E-state index in [1.165, 1.54) is 12.3 Å². The molecule has 0 N–H and O–H groups in total. The van der Waals surface area contributed by atoms with Gasteiger partial charge in [0, 0.05) is 11.8 Å². The van der Waals surface area contributed by atoms with Crippen molar-refractivity contribution in [3.05, 3.63) is 33.8 Å². The van der Waals surface area contributed by atoms with Crippen LogP contribution < -0.4 is 4.90 Å². The molecular formula is C23H28Cl2N4O6. The van der Waals surface area contributed by atoms with E-state index < -0.39 is 29.4 Å². The molecule has 2 rings (SSSR count). The van der Waals surface area contributed by atoms with E-state index in [1.54, 1.807) is 55.4 Å². The van der Waals surface area contributed by atoms with Gasteiger partial charge in [0.15, 0.2) is 16.7 Å². The maximum absolute atomic E-state index is 13.0. The van der Waals surface area contributed by atoms with E-state index >= 15 is 0 Å². The van der Waals surface area contributed by atoms with Gasteiger partial charge in [0.25, 0.3) is 0 Å². The molecule has 10 nitrogen and oxygen atoms in total. The predicted octanol–water partition coefficient (Wildman–Crippen LogP) is 6.01. The summed E-state index contributed by atoms with van der Waals surface area (Å²) in [6.45, 7) is 13.2. The Kier molecular flexibility index (Phi) is 8.67. The molecule has 2 heterocycles. The summed E-state index contributed by atoms with van der Waals surface area (Å²) < 4.78 is 15.8. The molecule has 2 aromatic rings. The number of imide groups is 1. The average Bonchev–Trinajstić information content (AvgIpc) is 2.67. The number of carbonyl (C=O) groups is 3. The van der Waals surface area contributed by atoms with Crippen LogP contribution in [0.3, 0.4) is 0 Å². The second-order valence-corrected chi connectivity index (χ2v) is 10.0. The van der Waals surface area contributed by atoms with E-state index in [4.69, 9.17) is 37.4 Å². The van der Waals surface area contributed by atoms with Gasteiger partial charge in [-0.25, -0.2) is 29.3 Å². The third kappa shape index (κ3) is 7.25. The van der Waals surface area contributed by atoms with Crippen molar-refractivity contribution in [2.75, 3.05) is 11.5 Å². The molecule has 0 radical (unpaired) electrons. The molecule has 0 aliphatic heterocycles. The van der Waals surface area contributed by atoms with Gasteiger partial charge in [-0.2, -0.15) is 4.90 Å². The number of hydrogen-bond donors (Lipinski definition) is 0. The Morgan fingerprint density at radius 3 is 2.00 bits per heavy atom. The van der Waals surface area contributed by atoms with Gasteiger partial charge in [-0.1, -0.05) is 23.2 Å². The van der Waals surface area contributed by atoms with E-state index in [2.05, 4.69) is 15.0 Å². The number of aromatic nitrogens is 3. The zero-order valence-corrected chi connectivity index (χ0v) is 22.4. The van der Waals surface area contributed by atoms with Crippen molar-refractivity contribution in [2.45, 2.75) is 66.6 Å². The van der Waals surface area contributed by atoms with Gasteiger partial charge >= 0.3 is 18.2 Å². The van der Waals surface area contributed by atoms with Crippen LogP contribution in [0, 0.1) is 6.92 Å². The lowest BCUT2D eigenvalue weighted by Crippen LogP contribution is -2.44. The first-order valence-corrected chi connectivity index (χ1v) is 11.4. The van der Waals surface area contributed by atoms with Crippen LogP contribution >= 0.6 is 23.2 Å². The predicted molar refractivity (Wildman–Crippen MR) is 131 cm³/mol. The van der Waals surface area contributed by atoms with E-state index in [0.717, 1.165) is 0 Å². The molecule has 0 fully saturated rings. The zero-order chi connectivity index (χ0) is 26.7. The molecule has 0 aromatic carbocycles. The summed E-state index contributed by atoms with van der Waals surface area (Å²) in [7, 11) is 0. The summed E-state index contributed by atoms with van der Waals surface area (Å²) in [5, 5.41) is -0.266. The summed E-state index contributed by atoms with van der Waals surface area (Å²) in [6, 6.07) is 1.49. The highest BCUT2D eigenvalue weighted by Gasteiger charge is 2.36. The molecule has 0 aliphatic carbocycles. The van der Waals surface area contributed by atoms with Crippen LogP contribution in [0.25, 0.3) is 11.3 Å². The second-order valence-electron chi connectivity index (χ2n) is 9.31. The summed E-state index contributed by atoms with van der Waals surface area (Å²) in [6.07, 6.45) is -0.758. The van der Waals surface area contributed by atoms with Crippen LogP contribution in [0.2, 0.25) is 10.2 Å². The molecule has 0 spiro atoms. The van der Waals surface area contributed by atoms with Gasteiger partial charge in [0.05, 0.1) is 23.0 Å². The number of pyridine rings is 1. The van der Waals surface area contributed by atoms with E-state index in [0.29, 0.717) is 10.6 Å². The number of carbonyl (C=O) groups excluding carboxylic acids is 3. The van der Waals surface area contributed by atoms with Crippen LogP contribution in [0.4, 0.5) is 15.4 Å². The fourth-order valence-corrected chi connectivity index (χ4v) is 3.24. The zero-order valence-electron chi connectivity index (χ0n) is 20.9. The molecule has 0 saturated carbocycles. The lowest BCUT2D eigenvalue weighted by atomic mass is 10.1. The van der Waals surface area contributed by atoms with Crippen molar-refractivity contribution in [3.8, 4) is 11.3 Å². The number of ether oxygens (including phenoxy) is 3. The van der Waals surface area contributed by atoms with Gasteiger partial charge in [0.1, 0.15) is 11.2 Å². The minimum atomic E-state index is -1.04. The monoisotopic (exact) mass is 526 g/mol. The molecule has 0 unspecified atom stereocenters. The quantitative estimate of drug-likeness (QED) is 0.348. The Morgan fingerprint density at radius 2 is 1.51 bits per heavy atom. The Bertz CT molecular complexity index is 1110. The summed E-state index contributed by atoms with van der Waals surface area (Å²) >= 11 is 12.7. The van der Waals surface area contributed by atoms with Crippen LogP contribution in [0.1, 0.15) is 64.6 Å². The molecular weight excluding hydrogens is 499 g/mol.